The minimum absolute atomic E-state index is 0.0110. The van der Waals surface area contributed by atoms with Gasteiger partial charge in [-0.15, -0.1) is 0 Å². The van der Waals surface area contributed by atoms with Gasteiger partial charge in [-0.3, -0.25) is 0 Å². The van der Waals surface area contributed by atoms with Crippen molar-refractivity contribution in [2.75, 3.05) is 0 Å². The Morgan fingerprint density at radius 1 is 1.06 bits per heavy atom. The van der Waals surface area contributed by atoms with E-state index in [1.54, 1.807) is 0 Å². The highest BCUT2D eigenvalue weighted by Crippen LogP contribution is 2.21. The molecule has 2 aromatic carbocycles. The molecule has 0 bridgehead atoms. The van der Waals surface area contributed by atoms with Gasteiger partial charge < -0.3 is 5.73 Å². The highest BCUT2D eigenvalue weighted by molar-refractivity contribution is 6.30. The number of rotatable bonds is 3. The lowest BCUT2D eigenvalue weighted by Gasteiger charge is -2.12. The average molecular weight is 258 g/mol. The molecule has 0 spiro atoms. The first-order chi connectivity index (χ1) is 8.66. The van der Waals surface area contributed by atoms with Gasteiger partial charge >= 0.3 is 0 Å². The summed E-state index contributed by atoms with van der Waals surface area (Å²) in [5, 5.41) is 0.745. The second kappa shape index (κ2) is 5.85. The van der Waals surface area contributed by atoms with Crippen LogP contribution in [0, 0.1) is 0 Å². The summed E-state index contributed by atoms with van der Waals surface area (Å²) in [5.41, 5.74) is 9.44. The second-order valence-corrected chi connectivity index (χ2v) is 4.74. The van der Waals surface area contributed by atoms with Crippen LogP contribution in [0.4, 0.5) is 0 Å². The molecule has 1 atom stereocenters. The van der Waals surface area contributed by atoms with Crippen molar-refractivity contribution in [2.24, 2.45) is 5.73 Å². The highest BCUT2D eigenvalue weighted by Gasteiger charge is 2.06. The molecule has 0 radical (unpaired) electrons. The first-order valence-corrected chi connectivity index (χ1v) is 6.33. The van der Waals surface area contributed by atoms with E-state index in [0.29, 0.717) is 0 Å². The van der Waals surface area contributed by atoms with Gasteiger partial charge in [-0.1, -0.05) is 54.1 Å². The molecule has 0 fully saturated rings. The lowest BCUT2D eigenvalue weighted by molar-refractivity contribution is 0.950. The molecule has 2 aromatic rings. The topological polar surface area (TPSA) is 26.0 Å². The maximum atomic E-state index is 6.05. The summed E-state index contributed by atoms with van der Waals surface area (Å²) in [6.07, 6.45) is 2.11. The normalized spacial score (nSPS) is 13.4. The minimum Gasteiger partial charge on any atom is -0.324 e. The van der Waals surface area contributed by atoms with E-state index in [2.05, 4.69) is 18.2 Å². The van der Waals surface area contributed by atoms with Crippen LogP contribution in [-0.2, 0) is 0 Å². The van der Waals surface area contributed by atoms with Gasteiger partial charge in [-0.05, 0) is 41.8 Å². The van der Waals surface area contributed by atoms with Crippen LogP contribution in [0.3, 0.4) is 0 Å². The molecule has 0 aliphatic heterocycles. The van der Waals surface area contributed by atoms with Crippen molar-refractivity contribution in [3.05, 3.63) is 70.7 Å². The Kier molecular flexibility index (Phi) is 4.19. The van der Waals surface area contributed by atoms with Gasteiger partial charge in [-0.2, -0.15) is 0 Å². The summed E-state index contributed by atoms with van der Waals surface area (Å²) in [5.74, 6) is 0. The molecule has 2 N–H and O–H groups in total. The van der Waals surface area contributed by atoms with E-state index in [1.165, 1.54) is 0 Å². The maximum absolute atomic E-state index is 6.05. The Morgan fingerprint density at radius 3 is 2.22 bits per heavy atom. The third-order valence-corrected chi connectivity index (χ3v) is 3.04. The van der Waals surface area contributed by atoms with E-state index in [4.69, 9.17) is 17.3 Å². The van der Waals surface area contributed by atoms with E-state index in [9.17, 15) is 0 Å². The van der Waals surface area contributed by atoms with Crippen molar-refractivity contribution < 1.29 is 0 Å². The Balaban J connectivity index is 2.39. The summed E-state index contributed by atoms with van der Waals surface area (Å²) < 4.78 is 0. The minimum atomic E-state index is -0.0110. The Morgan fingerprint density at radius 2 is 1.67 bits per heavy atom. The molecule has 1 nitrogen and oxygen atoms in total. The Bertz CT molecular complexity index is 527. The van der Waals surface area contributed by atoms with Gasteiger partial charge in [-0.25, -0.2) is 0 Å². The zero-order valence-electron chi connectivity index (χ0n) is 10.3. The third kappa shape index (κ3) is 3.22. The molecular weight excluding hydrogens is 242 g/mol. The van der Waals surface area contributed by atoms with Crippen LogP contribution in [0.1, 0.15) is 18.1 Å². The van der Waals surface area contributed by atoms with Gasteiger partial charge in [0.05, 0.1) is 0 Å². The number of benzene rings is 2. The fraction of sp³-hybridized carbons (Fsp3) is 0.125. The quantitative estimate of drug-likeness (QED) is 0.819. The van der Waals surface area contributed by atoms with Crippen LogP contribution in [0.25, 0.3) is 11.6 Å². The van der Waals surface area contributed by atoms with Gasteiger partial charge in [0.15, 0.2) is 0 Å². The molecular formula is C16H16ClN. The molecule has 2 rings (SSSR count). The molecule has 2 heteroatoms. The van der Waals surface area contributed by atoms with Crippen LogP contribution in [-0.4, -0.2) is 6.04 Å². The van der Waals surface area contributed by atoms with E-state index in [-0.39, 0.29) is 6.04 Å². The van der Waals surface area contributed by atoms with Gasteiger partial charge in [0.25, 0.3) is 0 Å². The molecule has 1 unspecified atom stereocenters. The smallest absolute Gasteiger partial charge is 0.0406 e. The van der Waals surface area contributed by atoms with Gasteiger partial charge in [0.2, 0.25) is 0 Å². The number of hydrogen-bond acceptors (Lipinski definition) is 1. The summed E-state index contributed by atoms with van der Waals surface area (Å²) in [6.45, 7) is 1.99. The molecule has 0 heterocycles. The fourth-order valence-electron chi connectivity index (χ4n) is 1.85. The largest absolute Gasteiger partial charge is 0.324 e. The van der Waals surface area contributed by atoms with Crippen molar-refractivity contribution in [3.63, 3.8) is 0 Å². The fourth-order valence-corrected chi connectivity index (χ4v) is 1.97. The Hall–Kier alpha value is -1.57. The van der Waals surface area contributed by atoms with Crippen LogP contribution >= 0.6 is 11.6 Å². The Labute approximate surface area is 113 Å². The standard InChI is InChI=1S/C16H16ClN/c1-12(18)16(14-5-3-2-4-6-14)11-13-7-9-15(17)10-8-13/h2-12H,18H2,1H3. The SMILES string of the molecule is CC(N)C(=Cc1ccc(Cl)cc1)c1ccccc1. The van der Waals surface area contributed by atoms with Crippen molar-refractivity contribution in [2.45, 2.75) is 13.0 Å². The van der Waals surface area contributed by atoms with Crippen molar-refractivity contribution in [3.8, 4) is 0 Å². The van der Waals surface area contributed by atoms with E-state index < -0.39 is 0 Å². The zero-order valence-corrected chi connectivity index (χ0v) is 11.1. The van der Waals surface area contributed by atoms with E-state index >= 15 is 0 Å². The zero-order chi connectivity index (χ0) is 13.0. The maximum Gasteiger partial charge on any atom is 0.0406 e. The van der Waals surface area contributed by atoms with E-state index in [0.717, 1.165) is 21.7 Å². The predicted molar refractivity (Wildman–Crippen MR) is 79.4 cm³/mol. The van der Waals surface area contributed by atoms with E-state index in [1.807, 2.05) is 49.4 Å². The van der Waals surface area contributed by atoms with Crippen LogP contribution < -0.4 is 5.73 Å². The molecule has 0 aliphatic carbocycles. The van der Waals surface area contributed by atoms with Crippen LogP contribution in [0.2, 0.25) is 5.02 Å². The first kappa shape index (κ1) is 12.9. The molecule has 18 heavy (non-hydrogen) atoms. The van der Waals surface area contributed by atoms with Crippen molar-refractivity contribution >= 4 is 23.3 Å². The monoisotopic (exact) mass is 257 g/mol. The van der Waals surface area contributed by atoms with Crippen molar-refractivity contribution in [1.82, 2.24) is 0 Å². The molecule has 0 amide bonds. The van der Waals surface area contributed by atoms with Gasteiger partial charge in [0, 0.05) is 11.1 Å². The van der Waals surface area contributed by atoms with Crippen LogP contribution in [0.15, 0.2) is 54.6 Å². The predicted octanol–water partition coefficient (Wildman–Crippen LogP) is 4.23. The number of nitrogens with two attached hydrogens (primary N) is 1. The molecule has 0 saturated carbocycles. The van der Waals surface area contributed by atoms with Crippen molar-refractivity contribution in [1.29, 1.82) is 0 Å². The number of hydrogen-bond donors (Lipinski definition) is 1. The summed E-state index contributed by atoms with van der Waals surface area (Å²) in [6, 6.07) is 17.9. The number of halogens is 1. The lowest BCUT2D eigenvalue weighted by Crippen LogP contribution is -2.16. The van der Waals surface area contributed by atoms with Crippen LogP contribution in [0.5, 0.6) is 0 Å². The first-order valence-electron chi connectivity index (χ1n) is 5.95. The third-order valence-electron chi connectivity index (χ3n) is 2.79. The summed E-state index contributed by atoms with van der Waals surface area (Å²) in [4.78, 5) is 0. The second-order valence-electron chi connectivity index (χ2n) is 4.31. The molecule has 92 valence electrons. The molecule has 0 aromatic heterocycles. The lowest BCUT2D eigenvalue weighted by atomic mass is 9.97. The molecule has 0 saturated heterocycles. The summed E-state index contributed by atoms with van der Waals surface area (Å²) in [7, 11) is 0. The average Bonchev–Trinajstić information content (AvgIpc) is 2.38. The highest BCUT2D eigenvalue weighted by atomic mass is 35.5. The summed E-state index contributed by atoms with van der Waals surface area (Å²) >= 11 is 5.88. The molecule has 0 aliphatic rings. The van der Waals surface area contributed by atoms with Gasteiger partial charge in [0.1, 0.15) is 0 Å².